The summed E-state index contributed by atoms with van der Waals surface area (Å²) in [5, 5.41) is 4.62. The van der Waals surface area contributed by atoms with Crippen molar-refractivity contribution in [3.8, 4) is 11.4 Å². The number of hydrogen-bond donors (Lipinski definition) is 1. The van der Waals surface area contributed by atoms with Gasteiger partial charge in [0.15, 0.2) is 11.3 Å². The van der Waals surface area contributed by atoms with Crippen molar-refractivity contribution in [2.24, 2.45) is 5.92 Å². The van der Waals surface area contributed by atoms with Crippen LogP contribution in [0.2, 0.25) is 0 Å². The van der Waals surface area contributed by atoms with Crippen LogP contribution >= 0.6 is 0 Å². The number of carbonyl (C=O) groups is 1. The van der Waals surface area contributed by atoms with Gasteiger partial charge in [-0.2, -0.15) is 5.10 Å². The van der Waals surface area contributed by atoms with Gasteiger partial charge >= 0.3 is 6.09 Å². The van der Waals surface area contributed by atoms with E-state index < -0.39 is 5.60 Å². The van der Waals surface area contributed by atoms with Crippen molar-refractivity contribution in [3.63, 3.8) is 0 Å². The molecule has 0 saturated carbocycles. The SMILES string of the molecule is CC1CN(C(=O)OC(C)(C)C)CC1c1nn2c(-c3ccc(F)cc3)ncc2c(=O)[nH]1. The Bertz CT molecular complexity index is 1150. The summed E-state index contributed by atoms with van der Waals surface area (Å²) in [6.07, 6.45) is 1.06. The Hall–Kier alpha value is -3.23. The minimum Gasteiger partial charge on any atom is -0.444 e. The Morgan fingerprint density at radius 2 is 1.93 bits per heavy atom. The number of aromatic nitrogens is 4. The minimum atomic E-state index is -0.579. The number of hydrogen-bond acceptors (Lipinski definition) is 5. The van der Waals surface area contributed by atoms with Gasteiger partial charge in [-0.05, 0) is 51.0 Å². The number of likely N-dealkylation sites (tertiary alicyclic amines) is 1. The van der Waals surface area contributed by atoms with Gasteiger partial charge in [-0.3, -0.25) is 4.79 Å². The van der Waals surface area contributed by atoms with E-state index in [9.17, 15) is 14.0 Å². The van der Waals surface area contributed by atoms with Crippen molar-refractivity contribution < 1.29 is 13.9 Å². The second-order valence-electron chi connectivity index (χ2n) is 8.69. The fourth-order valence-electron chi connectivity index (χ4n) is 3.68. The van der Waals surface area contributed by atoms with Gasteiger partial charge in [0.1, 0.15) is 17.2 Å². The standard InChI is InChI=1S/C21H24FN5O3/c1-12-10-26(20(29)30-21(2,3)4)11-15(12)17-24-19(28)16-9-23-18(27(16)25-17)13-5-7-14(22)8-6-13/h5-9,12,15H,10-11H2,1-4H3,(H,24,25,28). The molecule has 0 radical (unpaired) electrons. The van der Waals surface area contributed by atoms with E-state index in [1.54, 1.807) is 17.0 Å². The Morgan fingerprint density at radius 3 is 2.60 bits per heavy atom. The van der Waals surface area contributed by atoms with Crippen molar-refractivity contribution in [1.29, 1.82) is 0 Å². The summed E-state index contributed by atoms with van der Waals surface area (Å²) in [7, 11) is 0. The molecule has 4 rings (SSSR count). The molecular weight excluding hydrogens is 389 g/mol. The number of imidazole rings is 1. The van der Waals surface area contributed by atoms with Crippen LogP contribution in [0.25, 0.3) is 16.9 Å². The molecule has 1 aromatic carbocycles. The van der Waals surface area contributed by atoms with Gasteiger partial charge < -0.3 is 14.6 Å². The molecule has 9 heteroatoms. The Kier molecular flexibility index (Phi) is 4.83. The summed E-state index contributed by atoms with van der Waals surface area (Å²) in [6, 6.07) is 5.86. The molecule has 2 unspecified atom stereocenters. The first-order chi connectivity index (χ1) is 14.1. The normalized spacial score (nSPS) is 19.4. The van der Waals surface area contributed by atoms with E-state index in [-0.39, 0.29) is 29.3 Å². The molecule has 0 spiro atoms. The van der Waals surface area contributed by atoms with Crippen LogP contribution in [-0.2, 0) is 4.74 Å². The number of carbonyl (C=O) groups excluding carboxylic acids is 1. The Morgan fingerprint density at radius 1 is 1.23 bits per heavy atom. The third-order valence-electron chi connectivity index (χ3n) is 5.14. The molecule has 1 saturated heterocycles. The fraction of sp³-hybridized carbons (Fsp3) is 0.429. The maximum absolute atomic E-state index is 13.3. The van der Waals surface area contributed by atoms with E-state index in [1.165, 1.54) is 22.8 Å². The largest absolute Gasteiger partial charge is 0.444 e. The van der Waals surface area contributed by atoms with Gasteiger partial charge in [0.2, 0.25) is 0 Å². The monoisotopic (exact) mass is 413 g/mol. The Balaban J connectivity index is 1.68. The number of nitrogens with zero attached hydrogens (tertiary/aromatic N) is 4. The van der Waals surface area contributed by atoms with E-state index in [0.717, 1.165) is 0 Å². The number of aromatic amines is 1. The lowest BCUT2D eigenvalue weighted by Gasteiger charge is -2.24. The summed E-state index contributed by atoms with van der Waals surface area (Å²) in [5.74, 6) is 0.501. The van der Waals surface area contributed by atoms with Crippen molar-refractivity contribution in [3.05, 3.63) is 52.5 Å². The van der Waals surface area contributed by atoms with Crippen molar-refractivity contribution in [2.75, 3.05) is 13.1 Å². The third-order valence-corrected chi connectivity index (χ3v) is 5.14. The zero-order chi connectivity index (χ0) is 21.6. The molecule has 0 bridgehead atoms. The highest BCUT2D eigenvalue weighted by Crippen LogP contribution is 2.31. The number of halogens is 1. The van der Waals surface area contributed by atoms with E-state index >= 15 is 0 Å². The van der Waals surface area contributed by atoms with E-state index in [1.807, 2.05) is 27.7 Å². The quantitative estimate of drug-likeness (QED) is 0.697. The van der Waals surface area contributed by atoms with E-state index in [0.29, 0.717) is 35.8 Å². The topological polar surface area (TPSA) is 92.6 Å². The molecule has 0 aliphatic carbocycles. The lowest BCUT2D eigenvalue weighted by Crippen LogP contribution is -2.35. The lowest BCUT2D eigenvalue weighted by atomic mass is 9.97. The van der Waals surface area contributed by atoms with Crippen LogP contribution in [0, 0.1) is 11.7 Å². The van der Waals surface area contributed by atoms with Crippen LogP contribution in [-0.4, -0.2) is 49.3 Å². The molecule has 3 aromatic rings. The number of nitrogens with one attached hydrogen (secondary N) is 1. The lowest BCUT2D eigenvalue weighted by molar-refractivity contribution is 0.0287. The number of H-pyrrole nitrogens is 1. The first-order valence-corrected chi connectivity index (χ1v) is 9.84. The van der Waals surface area contributed by atoms with Crippen LogP contribution in [0.4, 0.5) is 9.18 Å². The molecule has 3 heterocycles. The van der Waals surface area contributed by atoms with Crippen LogP contribution in [0.3, 0.4) is 0 Å². The molecule has 2 aromatic heterocycles. The summed E-state index contributed by atoms with van der Waals surface area (Å²) < 4.78 is 20.2. The predicted molar refractivity (Wildman–Crippen MR) is 109 cm³/mol. The zero-order valence-corrected chi connectivity index (χ0v) is 17.3. The van der Waals surface area contributed by atoms with Gasteiger partial charge in [-0.15, -0.1) is 0 Å². The van der Waals surface area contributed by atoms with Gasteiger partial charge in [0, 0.05) is 24.6 Å². The van der Waals surface area contributed by atoms with Crippen molar-refractivity contribution >= 4 is 11.6 Å². The molecule has 8 nitrogen and oxygen atoms in total. The second-order valence-corrected chi connectivity index (χ2v) is 8.69. The molecular formula is C21H24FN5O3. The molecule has 1 N–H and O–H groups in total. The molecule has 158 valence electrons. The minimum absolute atomic E-state index is 0.0795. The third kappa shape index (κ3) is 3.79. The number of benzene rings is 1. The maximum atomic E-state index is 13.3. The van der Waals surface area contributed by atoms with Gasteiger partial charge in [-0.25, -0.2) is 18.7 Å². The van der Waals surface area contributed by atoms with Crippen LogP contribution in [0.15, 0.2) is 35.3 Å². The highest BCUT2D eigenvalue weighted by atomic mass is 19.1. The molecule has 1 fully saturated rings. The van der Waals surface area contributed by atoms with Gasteiger partial charge in [0.05, 0.1) is 6.20 Å². The first kappa shape index (κ1) is 20.1. The highest BCUT2D eigenvalue weighted by molar-refractivity contribution is 5.68. The summed E-state index contributed by atoms with van der Waals surface area (Å²) in [4.78, 5) is 33.9. The maximum Gasteiger partial charge on any atom is 0.410 e. The molecule has 1 aliphatic rings. The summed E-state index contributed by atoms with van der Waals surface area (Å²) >= 11 is 0. The summed E-state index contributed by atoms with van der Waals surface area (Å²) in [5.41, 5.74) is 0.0527. The van der Waals surface area contributed by atoms with Crippen LogP contribution in [0.1, 0.15) is 39.4 Å². The number of ether oxygens (including phenoxy) is 1. The average molecular weight is 413 g/mol. The van der Waals surface area contributed by atoms with Gasteiger partial charge in [0.25, 0.3) is 5.56 Å². The van der Waals surface area contributed by atoms with Crippen LogP contribution in [0.5, 0.6) is 0 Å². The highest BCUT2D eigenvalue weighted by Gasteiger charge is 2.37. The molecule has 30 heavy (non-hydrogen) atoms. The summed E-state index contributed by atoms with van der Waals surface area (Å²) in [6.45, 7) is 8.38. The van der Waals surface area contributed by atoms with Crippen molar-refractivity contribution in [2.45, 2.75) is 39.2 Å². The first-order valence-electron chi connectivity index (χ1n) is 9.84. The number of fused-ring (bicyclic) bond motifs is 1. The second kappa shape index (κ2) is 7.23. The van der Waals surface area contributed by atoms with Crippen LogP contribution < -0.4 is 5.56 Å². The van der Waals surface area contributed by atoms with E-state index in [4.69, 9.17) is 4.74 Å². The smallest absolute Gasteiger partial charge is 0.410 e. The fourth-order valence-corrected chi connectivity index (χ4v) is 3.68. The number of rotatable bonds is 2. The molecule has 1 aliphatic heterocycles. The number of amides is 1. The van der Waals surface area contributed by atoms with E-state index in [2.05, 4.69) is 15.1 Å². The average Bonchev–Trinajstić information content (AvgIpc) is 3.25. The Labute approximate surface area is 172 Å². The van der Waals surface area contributed by atoms with Gasteiger partial charge in [-0.1, -0.05) is 6.92 Å². The molecule has 1 amide bonds. The molecule has 2 atom stereocenters. The zero-order valence-electron chi connectivity index (χ0n) is 17.3. The predicted octanol–water partition coefficient (Wildman–Crippen LogP) is 3.19. The van der Waals surface area contributed by atoms with Crippen molar-refractivity contribution in [1.82, 2.24) is 24.5 Å².